The molecule has 1 amide bonds. The zero-order chi connectivity index (χ0) is 18.4. The van der Waals surface area contributed by atoms with Gasteiger partial charge in [0.2, 0.25) is 5.91 Å². The van der Waals surface area contributed by atoms with Gasteiger partial charge in [0.1, 0.15) is 0 Å². The maximum absolute atomic E-state index is 12.8. The highest BCUT2D eigenvalue weighted by atomic mass is 32.2. The molecule has 0 aromatic heterocycles. The summed E-state index contributed by atoms with van der Waals surface area (Å²) in [6.07, 6.45) is 0. The van der Waals surface area contributed by atoms with Crippen LogP contribution in [0, 0.1) is 6.92 Å². The van der Waals surface area contributed by atoms with E-state index in [4.69, 9.17) is 0 Å². The highest BCUT2D eigenvalue weighted by Gasteiger charge is 2.15. The zero-order valence-corrected chi connectivity index (χ0v) is 15.3. The lowest BCUT2D eigenvalue weighted by atomic mass is 10.00. The van der Waals surface area contributed by atoms with Crippen LogP contribution in [-0.4, -0.2) is 17.4 Å². The lowest BCUT2D eigenvalue weighted by molar-refractivity contribution is -0.113. The molecule has 4 heteroatoms. The zero-order valence-electron chi connectivity index (χ0n) is 14.4. The standard InChI is InChI=1S/C22H19NO2S/c1-16-12-13-20(19(14-16)22(25)17-8-4-2-5-9-17)23-21(24)15-26-18-10-6-3-7-11-18/h2-14H,15H2,1H3,(H,23,24). The lowest BCUT2D eigenvalue weighted by Gasteiger charge is -2.12. The van der Waals surface area contributed by atoms with E-state index in [1.54, 1.807) is 18.2 Å². The fourth-order valence-corrected chi connectivity index (χ4v) is 3.27. The maximum Gasteiger partial charge on any atom is 0.234 e. The summed E-state index contributed by atoms with van der Waals surface area (Å²) < 4.78 is 0. The normalized spacial score (nSPS) is 10.3. The fourth-order valence-electron chi connectivity index (χ4n) is 2.55. The van der Waals surface area contributed by atoms with Crippen LogP contribution in [0.1, 0.15) is 21.5 Å². The first-order chi connectivity index (χ1) is 12.6. The van der Waals surface area contributed by atoms with Gasteiger partial charge in [-0.15, -0.1) is 11.8 Å². The third kappa shape index (κ3) is 4.61. The van der Waals surface area contributed by atoms with Crippen molar-refractivity contribution in [1.29, 1.82) is 0 Å². The van der Waals surface area contributed by atoms with Crippen molar-refractivity contribution in [3.8, 4) is 0 Å². The molecule has 3 rings (SSSR count). The van der Waals surface area contributed by atoms with E-state index in [1.807, 2.05) is 67.6 Å². The number of carbonyl (C=O) groups excluding carboxylic acids is 2. The predicted molar refractivity (Wildman–Crippen MR) is 107 cm³/mol. The van der Waals surface area contributed by atoms with Crippen molar-refractivity contribution in [1.82, 2.24) is 0 Å². The molecule has 26 heavy (non-hydrogen) atoms. The Bertz CT molecular complexity index is 908. The molecule has 0 fully saturated rings. The minimum atomic E-state index is -0.134. The molecule has 1 N–H and O–H groups in total. The number of anilines is 1. The topological polar surface area (TPSA) is 46.2 Å². The van der Waals surface area contributed by atoms with Gasteiger partial charge in [0, 0.05) is 16.0 Å². The second-order valence-corrected chi connectivity index (χ2v) is 6.94. The van der Waals surface area contributed by atoms with Gasteiger partial charge in [-0.3, -0.25) is 9.59 Å². The minimum absolute atomic E-state index is 0.0969. The Labute approximate surface area is 157 Å². The van der Waals surface area contributed by atoms with E-state index in [0.717, 1.165) is 10.5 Å². The number of hydrogen-bond donors (Lipinski definition) is 1. The highest BCUT2D eigenvalue weighted by Crippen LogP contribution is 2.22. The number of thioether (sulfide) groups is 1. The Morgan fingerprint density at radius 3 is 2.23 bits per heavy atom. The lowest BCUT2D eigenvalue weighted by Crippen LogP contribution is -2.17. The summed E-state index contributed by atoms with van der Waals surface area (Å²) in [4.78, 5) is 26.2. The van der Waals surface area contributed by atoms with Crippen LogP contribution < -0.4 is 5.32 Å². The van der Waals surface area contributed by atoms with Crippen molar-refractivity contribution < 1.29 is 9.59 Å². The molecule has 0 heterocycles. The number of hydrogen-bond acceptors (Lipinski definition) is 3. The molecule has 0 atom stereocenters. The van der Waals surface area contributed by atoms with Crippen LogP contribution in [0.2, 0.25) is 0 Å². The van der Waals surface area contributed by atoms with Gasteiger partial charge in [-0.05, 0) is 31.2 Å². The maximum atomic E-state index is 12.8. The van der Waals surface area contributed by atoms with Crippen LogP contribution in [0.3, 0.4) is 0 Å². The monoisotopic (exact) mass is 361 g/mol. The van der Waals surface area contributed by atoms with E-state index in [2.05, 4.69) is 5.32 Å². The summed E-state index contributed by atoms with van der Waals surface area (Å²) in [5, 5.41) is 2.88. The summed E-state index contributed by atoms with van der Waals surface area (Å²) in [5.41, 5.74) is 2.63. The summed E-state index contributed by atoms with van der Waals surface area (Å²) in [6.45, 7) is 1.93. The molecule has 0 unspecified atom stereocenters. The first-order valence-corrected chi connectivity index (χ1v) is 9.30. The Morgan fingerprint density at radius 2 is 1.54 bits per heavy atom. The molecular weight excluding hydrogens is 342 g/mol. The van der Waals surface area contributed by atoms with Crippen molar-refractivity contribution in [3.05, 3.63) is 95.6 Å². The molecule has 0 bridgehead atoms. The van der Waals surface area contributed by atoms with E-state index < -0.39 is 0 Å². The summed E-state index contributed by atoms with van der Waals surface area (Å²) >= 11 is 1.46. The number of aryl methyl sites for hydroxylation is 1. The average Bonchev–Trinajstić information content (AvgIpc) is 2.69. The smallest absolute Gasteiger partial charge is 0.234 e. The second kappa shape index (κ2) is 8.50. The number of nitrogens with one attached hydrogen (secondary N) is 1. The Kier molecular flexibility index (Phi) is 5.87. The van der Waals surface area contributed by atoms with Gasteiger partial charge in [-0.25, -0.2) is 0 Å². The number of amides is 1. The summed E-state index contributed by atoms with van der Waals surface area (Å²) in [6, 6.07) is 24.3. The summed E-state index contributed by atoms with van der Waals surface area (Å²) in [5.74, 6) is 0.0572. The molecule has 3 aromatic carbocycles. The Balaban J connectivity index is 1.75. The van der Waals surface area contributed by atoms with Crippen LogP contribution >= 0.6 is 11.8 Å². The predicted octanol–water partition coefficient (Wildman–Crippen LogP) is 4.96. The molecule has 0 aliphatic carbocycles. The first-order valence-electron chi connectivity index (χ1n) is 8.31. The van der Waals surface area contributed by atoms with E-state index in [0.29, 0.717) is 16.8 Å². The van der Waals surface area contributed by atoms with Gasteiger partial charge in [-0.1, -0.05) is 60.2 Å². The number of ketones is 1. The Morgan fingerprint density at radius 1 is 0.885 bits per heavy atom. The second-order valence-electron chi connectivity index (χ2n) is 5.89. The number of carbonyl (C=O) groups is 2. The number of benzene rings is 3. The summed E-state index contributed by atoms with van der Waals surface area (Å²) in [7, 11) is 0. The van der Waals surface area contributed by atoms with E-state index in [-0.39, 0.29) is 17.4 Å². The van der Waals surface area contributed by atoms with Crippen molar-refractivity contribution >= 4 is 29.1 Å². The molecule has 130 valence electrons. The molecule has 3 nitrogen and oxygen atoms in total. The third-order valence-electron chi connectivity index (χ3n) is 3.84. The Hall–Kier alpha value is -2.85. The molecule has 0 saturated carbocycles. The molecule has 0 aliphatic heterocycles. The van der Waals surface area contributed by atoms with Crippen molar-refractivity contribution in [2.24, 2.45) is 0 Å². The van der Waals surface area contributed by atoms with E-state index in [1.165, 1.54) is 11.8 Å². The van der Waals surface area contributed by atoms with Crippen LogP contribution in [0.4, 0.5) is 5.69 Å². The van der Waals surface area contributed by atoms with Crippen LogP contribution in [0.5, 0.6) is 0 Å². The van der Waals surface area contributed by atoms with Gasteiger partial charge < -0.3 is 5.32 Å². The minimum Gasteiger partial charge on any atom is -0.325 e. The first kappa shape index (κ1) is 18.0. The van der Waals surface area contributed by atoms with Crippen molar-refractivity contribution in [3.63, 3.8) is 0 Å². The van der Waals surface area contributed by atoms with Gasteiger partial charge in [-0.2, -0.15) is 0 Å². The molecule has 0 spiro atoms. The fraction of sp³-hybridized carbons (Fsp3) is 0.0909. The van der Waals surface area contributed by atoms with Gasteiger partial charge in [0.15, 0.2) is 5.78 Å². The van der Waals surface area contributed by atoms with Crippen LogP contribution in [-0.2, 0) is 4.79 Å². The molecule has 3 aromatic rings. The molecule has 0 aliphatic rings. The van der Waals surface area contributed by atoms with E-state index in [9.17, 15) is 9.59 Å². The molecule has 0 radical (unpaired) electrons. The third-order valence-corrected chi connectivity index (χ3v) is 4.85. The van der Waals surface area contributed by atoms with E-state index >= 15 is 0 Å². The van der Waals surface area contributed by atoms with Crippen LogP contribution in [0.15, 0.2) is 83.8 Å². The van der Waals surface area contributed by atoms with Crippen LogP contribution in [0.25, 0.3) is 0 Å². The average molecular weight is 361 g/mol. The largest absolute Gasteiger partial charge is 0.325 e. The van der Waals surface area contributed by atoms with Gasteiger partial charge in [0.05, 0.1) is 11.4 Å². The quantitative estimate of drug-likeness (QED) is 0.499. The van der Waals surface area contributed by atoms with Crippen molar-refractivity contribution in [2.75, 3.05) is 11.1 Å². The van der Waals surface area contributed by atoms with Crippen molar-refractivity contribution in [2.45, 2.75) is 11.8 Å². The molecule has 0 saturated heterocycles. The van der Waals surface area contributed by atoms with Gasteiger partial charge >= 0.3 is 0 Å². The molecular formula is C22H19NO2S. The number of rotatable bonds is 6. The SMILES string of the molecule is Cc1ccc(NC(=O)CSc2ccccc2)c(C(=O)c2ccccc2)c1. The van der Waals surface area contributed by atoms with Gasteiger partial charge in [0.25, 0.3) is 0 Å². The highest BCUT2D eigenvalue weighted by molar-refractivity contribution is 8.00.